The summed E-state index contributed by atoms with van der Waals surface area (Å²) < 4.78 is 4.73. The van der Waals surface area contributed by atoms with E-state index in [4.69, 9.17) is 4.63 Å². The third kappa shape index (κ3) is 3.82. The molecule has 0 saturated heterocycles. The average molecular weight is 452 g/mol. The number of aromatic nitrogens is 2. The van der Waals surface area contributed by atoms with Gasteiger partial charge in [-0.1, -0.05) is 54.6 Å². The summed E-state index contributed by atoms with van der Waals surface area (Å²) >= 11 is 0. The molecule has 0 fully saturated rings. The Morgan fingerprint density at radius 3 is 2.18 bits per heavy atom. The molecular formula is C25H16N4O5. The van der Waals surface area contributed by atoms with Gasteiger partial charge in [-0.05, 0) is 51.3 Å². The lowest BCUT2D eigenvalue weighted by Gasteiger charge is -2.14. The van der Waals surface area contributed by atoms with Crippen molar-refractivity contribution < 1.29 is 19.5 Å². The molecule has 0 unspecified atom stereocenters. The van der Waals surface area contributed by atoms with Gasteiger partial charge in [0.1, 0.15) is 0 Å². The Labute approximate surface area is 192 Å². The lowest BCUT2D eigenvalue weighted by molar-refractivity contribution is -0.383. The van der Waals surface area contributed by atoms with Crippen molar-refractivity contribution in [3.05, 3.63) is 101 Å². The number of benzene rings is 4. The zero-order valence-electron chi connectivity index (χ0n) is 17.5. The van der Waals surface area contributed by atoms with Crippen LogP contribution in [-0.4, -0.2) is 26.3 Å². The van der Waals surface area contributed by atoms with Crippen molar-refractivity contribution in [1.82, 2.24) is 10.3 Å². The largest absolute Gasteiger partial charge is 0.478 e. The van der Waals surface area contributed by atoms with Gasteiger partial charge in [-0.25, -0.2) is 9.42 Å². The summed E-state index contributed by atoms with van der Waals surface area (Å²) in [5.74, 6) is -1.05. The molecule has 0 aliphatic heterocycles. The van der Waals surface area contributed by atoms with E-state index in [1.165, 1.54) is 18.2 Å². The molecule has 34 heavy (non-hydrogen) atoms. The number of fused-ring (bicyclic) bond motifs is 1. The highest BCUT2D eigenvalue weighted by atomic mass is 16.6. The van der Waals surface area contributed by atoms with E-state index in [1.807, 2.05) is 54.6 Å². The number of nitro benzene ring substituents is 1. The van der Waals surface area contributed by atoms with Crippen molar-refractivity contribution in [3.63, 3.8) is 0 Å². The Hall–Kier alpha value is -5.05. The number of hydrogen-bond acceptors (Lipinski definition) is 7. The number of nitrogens with one attached hydrogen (secondary N) is 1. The van der Waals surface area contributed by atoms with Crippen molar-refractivity contribution in [1.29, 1.82) is 0 Å². The molecule has 9 nitrogen and oxygen atoms in total. The van der Waals surface area contributed by atoms with Gasteiger partial charge in [-0.15, -0.1) is 0 Å². The number of hydrogen-bond donors (Lipinski definition) is 2. The van der Waals surface area contributed by atoms with Crippen molar-refractivity contribution in [2.45, 2.75) is 0 Å². The van der Waals surface area contributed by atoms with Gasteiger partial charge in [0.2, 0.25) is 5.52 Å². The highest BCUT2D eigenvalue weighted by molar-refractivity contribution is 5.98. The van der Waals surface area contributed by atoms with Crippen LogP contribution in [-0.2, 0) is 0 Å². The number of anilines is 2. The lowest BCUT2D eigenvalue weighted by Crippen LogP contribution is -2.00. The number of carboxylic acid groups (broad SMARTS) is 1. The van der Waals surface area contributed by atoms with Gasteiger partial charge in [0, 0.05) is 17.3 Å². The summed E-state index contributed by atoms with van der Waals surface area (Å²) in [5, 5.41) is 31.4. The van der Waals surface area contributed by atoms with E-state index in [0.717, 1.165) is 16.7 Å². The molecule has 1 aromatic heterocycles. The molecule has 5 aromatic rings. The highest BCUT2D eigenvalue weighted by Crippen LogP contribution is 2.36. The van der Waals surface area contributed by atoms with Crippen LogP contribution in [0.15, 0.2) is 89.6 Å². The first-order valence-corrected chi connectivity index (χ1v) is 10.2. The Bertz CT molecular complexity index is 1530. The smallest absolute Gasteiger partial charge is 0.335 e. The molecule has 0 saturated carbocycles. The molecule has 166 valence electrons. The lowest BCUT2D eigenvalue weighted by atomic mass is 9.97. The van der Waals surface area contributed by atoms with E-state index in [2.05, 4.69) is 15.6 Å². The fourth-order valence-electron chi connectivity index (χ4n) is 3.74. The molecule has 0 radical (unpaired) electrons. The molecule has 4 aromatic carbocycles. The predicted octanol–water partition coefficient (Wildman–Crippen LogP) is 5.91. The van der Waals surface area contributed by atoms with Gasteiger partial charge in [0.15, 0.2) is 5.52 Å². The van der Waals surface area contributed by atoms with E-state index < -0.39 is 10.9 Å². The monoisotopic (exact) mass is 452 g/mol. The normalized spacial score (nSPS) is 10.8. The van der Waals surface area contributed by atoms with E-state index in [-0.39, 0.29) is 22.3 Å². The molecule has 9 heteroatoms. The van der Waals surface area contributed by atoms with Crippen LogP contribution in [0.1, 0.15) is 10.4 Å². The molecule has 5 rings (SSSR count). The fourth-order valence-corrected chi connectivity index (χ4v) is 3.74. The molecule has 0 bridgehead atoms. The first-order chi connectivity index (χ1) is 16.5. The fraction of sp³-hybridized carbons (Fsp3) is 0. The standard InChI is InChI=1S/C25H16N4O5/c30-25(31)18-10-11-20(26-21-12-13-22(29(32)33)24-23(21)27-34-28-24)19(14-18)17-8-6-16(7-9-17)15-4-2-1-3-5-15/h1-14,26H,(H,30,31). The molecule has 1 heterocycles. The molecular weight excluding hydrogens is 436 g/mol. The van der Waals surface area contributed by atoms with Crippen LogP contribution in [0.4, 0.5) is 17.1 Å². The van der Waals surface area contributed by atoms with Crippen LogP contribution in [0.2, 0.25) is 0 Å². The van der Waals surface area contributed by atoms with Crippen LogP contribution in [0.25, 0.3) is 33.3 Å². The summed E-state index contributed by atoms with van der Waals surface area (Å²) in [6, 6.07) is 25.2. The first-order valence-electron chi connectivity index (χ1n) is 10.2. The van der Waals surface area contributed by atoms with Crippen molar-refractivity contribution in [2.24, 2.45) is 0 Å². The predicted molar refractivity (Wildman–Crippen MR) is 126 cm³/mol. The second-order valence-corrected chi connectivity index (χ2v) is 7.48. The Morgan fingerprint density at radius 1 is 0.824 bits per heavy atom. The topological polar surface area (TPSA) is 131 Å². The van der Waals surface area contributed by atoms with E-state index >= 15 is 0 Å². The Morgan fingerprint density at radius 2 is 1.47 bits per heavy atom. The van der Waals surface area contributed by atoms with Gasteiger partial charge in [0.05, 0.1) is 16.2 Å². The second kappa shape index (κ2) is 8.47. The Balaban J connectivity index is 1.58. The SMILES string of the molecule is O=C(O)c1ccc(Nc2ccc([N+](=O)[O-])c3nonc23)c(-c2ccc(-c3ccccc3)cc2)c1. The number of rotatable bonds is 6. The van der Waals surface area contributed by atoms with Gasteiger partial charge < -0.3 is 10.4 Å². The zero-order chi connectivity index (χ0) is 23.7. The maximum atomic E-state index is 11.6. The number of nitrogens with zero attached hydrogens (tertiary/aromatic N) is 3. The molecule has 0 atom stereocenters. The summed E-state index contributed by atoms with van der Waals surface area (Å²) in [7, 11) is 0. The minimum absolute atomic E-state index is 0.0194. The minimum atomic E-state index is -1.05. The second-order valence-electron chi connectivity index (χ2n) is 7.48. The quantitative estimate of drug-likeness (QED) is 0.240. The third-order valence-electron chi connectivity index (χ3n) is 5.43. The van der Waals surface area contributed by atoms with Crippen molar-refractivity contribution >= 4 is 34.1 Å². The summed E-state index contributed by atoms with van der Waals surface area (Å²) in [6.07, 6.45) is 0. The van der Waals surface area contributed by atoms with Crippen LogP contribution in [0.3, 0.4) is 0 Å². The molecule has 0 amide bonds. The summed E-state index contributed by atoms with van der Waals surface area (Å²) in [6.45, 7) is 0. The first kappa shape index (κ1) is 20.8. The van der Waals surface area contributed by atoms with Crippen LogP contribution < -0.4 is 5.32 Å². The number of aromatic carboxylic acids is 1. The van der Waals surface area contributed by atoms with Crippen LogP contribution in [0, 0.1) is 10.1 Å². The van der Waals surface area contributed by atoms with Gasteiger partial charge in [-0.2, -0.15) is 0 Å². The number of carbonyl (C=O) groups is 1. The maximum Gasteiger partial charge on any atom is 0.335 e. The van der Waals surface area contributed by atoms with Crippen LogP contribution >= 0.6 is 0 Å². The van der Waals surface area contributed by atoms with Gasteiger partial charge in [0.25, 0.3) is 0 Å². The summed E-state index contributed by atoms with van der Waals surface area (Å²) in [5.41, 5.74) is 4.68. The van der Waals surface area contributed by atoms with Crippen LogP contribution in [0.5, 0.6) is 0 Å². The van der Waals surface area contributed by atoms with Gasteiger partial charge in [-0.3, -0.25) is 10.1 Å². The van der Waals surface area contributed by atoms with E-state index in [9.17, 15) is 20.0 Å². The molecule has 2 N–H and O–H groups in total. The number of non-ortho nitro benzene ring substituents is 1. The molecule has 0 aliphatic rings. The van der Waals surface area contributed by atoms with Crippen molar-refractivity contribution in [3.8, 4) is 22.3 Å². The van der Waals surface area contributed by atoms with E-state index in [0.29, 0.717) is 16.9 Å². The average Bonchev–Trinajstić information content (AvgIpc) is 3.35. The minimum Gasteiger partial charge on any atom is -0.478 e. The zero-order valence-corrected chi connectivity index (χ0v) is 17.5. The Kier molecular flexibility index (Phi) is 5.19. The number of nitro groups is 1. The van der Waals surface area contributed by atoms with Gasteiger partial charge >= 0.3 is 11.7 Å². The van der Waals surface area contributed by atoms with E-state index in [1.54, 1.807) is 12.1 Å². The molecule has 0 aliphatic carbocycles. The maximum absolute atomic E-state index is 11.6. The summed E-state index contributed by atoms with van der Waals surface area (Å²) in [4.78, 5) is 22.3. The number of carboxylic acids is 1. The van der Waals surface area contributed by atoms with Crippen molar-refractivity contribution in [2.75, 3.05) is 5.32 Å². The third-order valence-corrected chi connectivity index (χ3v) is 5.43. The highest BCUT2D eigenvalue weighted by Gasteiger charge is 2.20. The molecule has 0 spiro atoms.